The number of aromatic nitrogens is 2. The number of carbonyl (C=O) groups is 1. The molecule has 0 N–H and O–H groups in total. The van der Waals surface area contributed by atoms with Gasteiger partial charge in [-0.25, -0.2) is 0 Å². The second-order valence-corrected chi connectivity index (χ2v) is 7.63. The average molecular weight is 437 g/mol. The first-order valence-corrected chi connectivity index (χ1v) is 10.7. The van der Waals surface area contributed by atoms with E-state index >= 15 is 0 Å². The molecule has 3 aromatic rings. The molecule has 0 spiro atoms. The van der Waals surface area contributed by atoms with Gasteiger partial charge in [0.05, 0.1) is 26.5 Å². The summed E-state index contributed by atoms with van der Waals surface area (Å²) in [7, 11) is 3.17. The maximum Gasteiger partial charge on any atom is 0.257 e. The van der Waals surface area contributed by atoms with Gasteiger partial charge in [0.1, 0.15) is 17.2 Å². The molecule has 168 valence electrons. The van der Waals surface area contributed by atoms with Crippen LogP contribution in [0.25, 0.3) is 11.5 Å². The van der Waals surface area contributed by atoms with Gasteiger partial charge in [-0.3, -0.25) is 4.79 Å². The van der Waals surface area contributed by atoms with Crippen LogP contribution in [0.3, 0.4) is 0 Å². The summed E-state index contributed by atoms with van der Waals surface area (Å²) in [5, 5.41) is 4.14. The lowest BCUT2D eigenvalue weighted by Crippen LogP contribution is -2.25. The van der Waals surface area contributed by atoms with Crippen molar-refractivity contribution in [2.24, 2.45) is 0 Å². The minimum atomic E-state index is -0.174. The number of hydrogen-bond donors (Lipinski definition) is 0. The molecule has 1 unspecified atom stereocenters. The Bertz CT molecular complexity index is 1060. The maximum absolute atomic E-state index is 12.8. The van der Waals surface area contributed by atoms with Crippen LogP contribution in [0.5, 0.6) is 17.2 Å². The van der Waals surface area contributed by atoms with E-state index in [1.54, 1.807) is 37.3 Å². The predicted molar refractivity (Wildman–Crippen MR) is 119 cm³/mol. The first-order chi connectivity index (χ1) is 15.6. The highest BCUT2D eigenvalue weighted by molar-refractivity contribution is 5.98. The summed E-state index contributed by atoms with van der Waals surface area (Å²) in [6.45, 7) is 3.26. The Hall–Kier alpha value is -3.55. The van der Waals surface area contributed by atoms with Crippen molar-refractivity contribution in [3.63, 3.8) is 0 Å². The van der Waals surface area contributed by atoms with E-state index in [0.717, 1.165) is 24.2 Å². The van der Waals surface area contributed by atoms with Gasteiger partial charge < -0.3 is 23.6 Å². The molecule has 0 bridgehead atoms. The zero-order valence-corrected chi connectivity index (χ0v) is 18.5. The Labute approximate surface area is 187 Å². The Kier molecular flexibility index (Phi) is 6.58. The molecule has 1 saturated heterocycles. The van der Waals surface area contributed by atoms with Crippen LogP contribution >= 0.6 is 0 Å². The molecule has 0 saturated carbocycles. The largest absolute Gasteiger partial charge is 0.497 e. The third-order valence-electron chi connectivity index (χ3n) is 5.48. The van der Waals surface area contributed by atoms with Gasteiger partial charge in [-0.1, -0.05) is 18.5 Å². The molecule has 1 aromatic heterocycles. The molecule has 1 fully saturated rings. The predicted octanol–water partition coefficient (Wildman–Crippen LogP) is 4.45. The third kappa shape index (κ3) is 4.54. The number of anilines is 1. The highest BCUT2D eigenvalue weighted by Gasteiger charge is 2.36. The van der Waals surface area contributed by atoms with Crippen LogP contribution in [0, 0.1) is 0 Å². The topological polar surface area (TPSA) is 86.9 Å². The highest BCUT2D eigenvalue weighted by atomic mass is 16.5. The lowest BCUT2D eigenvalue weighted by molar-refractivity contribution is -0.117. The summed E-state index contributed by atoms with van der Waals surface area (Å²) in [6.07, 6.45) is 2.41. The molecular formula is C24H27N3O5. The molecular weight excluding hydrogens is 410 g/mol. The number of amides is 1. The molecule has 8 heteroatoms. The van der Waals surface area contributed by atoms with E-state index in [0.29, 0.717) is 48.5 Å². The van der Waals surface area contributed by atoms with Crippen molar-refractivity contribution in [2.45, 2.75) is 32.1 Å². The van der Waals surface area contributed by atoms with Crippen LogP contribution in [0.4, 0.5) is 5.69 Å². The van der Waals surface area contributed by atoms with Gasteiger partial charge in [0.2, 0.25) is 5.91 Å². The SMILES string of the molecule is CCCCOc1ccc(-c2nc(C3CC(=O)N(c4cc(OC)ccc4OC)C3)no2)cc1. The summed E-state index contributed by atoms with van der Waals surface area (Å²) in [5.41, 5.74) is 1.48. The number of carbonyl (C=O) groups excluding carboxylic acids is 1. The van der Waals surface area contributed by atoms with Gasteiger partial charge in [-0.15, -0.1) is 0 Å². The van der Waals surface area contributed by atoms with E-state index in [-0.39, 0.29) is 11.8 Å². The molecule has 8 nitrogen and oxygen atoms in total. The molecule has 2 heterocycles. The fourth-order valence-corrected chi connectivity index (χ4v) is 3.67. The second kappa shape index (κ2) is 9.72. The first-order valence-electron chi connectivity index (χ1n) is 10.7. The van der Waals surface area contributed by atoms with E-state index in [2.05, 4.69) is 17.1 Å². The Morgan fingerprint density at radius 3 is 2.59 bits per heavy atom. The van der Waals surface area contributed by atoms with Crippen molar-refractivity contribution >= 4 is 11.6 Å². The van der Waals surface area contributed by atoms with Crippen molar-refractivity contribution in [1.82, 2.24) is 10.1 Å². The Balaban J connectivity index is 1.48. The molecule has 1 aliphatic heterocycles. The van der Waals surface area contributed by atoms with Gasteiger partial charge in [0.25, 0.3) is 5.89 Å². The van der Waals surface area contributed by atoms with E-state index in [1.165, 1.54) is 0 Å². The van der Waals surface area contributed by atoms with Crippen LogP contribution in [-0.2, 0) is 4.79 Å². The Morgan fingerprint density at radius 1 is 1.09 bits per heavy atom. The molecule has 2 aromatic carbocycles. The zero-order valence-electron chi connectivity index (χ0n) is 18.5. The molecule has 1 atom stereocenters. The minimum Gasteiger partial charge on any atom is -0.497 e. The highest BCUT2D eigenvalue weighted by Crippen LogP contribution is 2.38. The van der Waals surface area contributed by atoms with Crippen LogP contribution < -0.4 is 19.1 Å². The maximum atomic E-state index is 12.8. The van der Waals surface area contributed by atoms with Gasteiger partial charge in [-0.2, -0.15) is 4.98 Å². The van der Waals surface area contributed by atoms with E-state index < -0.39 is 0 Å². The average Bonchev–Trinajstić information content (AvgIpc) is 3.46. The monoisotopic (exact) mass is 437 g/mol. The van der Waals surface area contributed by atoms with Crippen LogP contribution in [0.2, 0.25) is 0 Å². The number of rotatable bonds is 9. The number of nitrogens with zero attached hydrogens (tertiary/aromatic N) is 3. The van der Waals surface area contributed by atoms with Gasteiger partial charge >= 0.3 is 0 Å². The number of unbranched alkanes of at least 4 members (excludes halogenated alkanes) is 1. The van der Waals surface area contributed by atoms with Crippen molar-refractivity contribution in [3.05, 3.63) is 48.3 Å². The molecule has 32 heavy (non-hydrogen) atoms. The minimum absolute atomic E-state index is 0.0264. The second-order valence-electron chi connectivity index (χ2n) is 7.63. The Morgan fingerprint density at radius 2 is 1.88 bits per heavy atom. The zero-order chi connectivity index (χ0) is 22.5. The summed E-state index contributed by atoms with van der Waals surface area (Å²) < 4.78 is 21.9. The molecule has 0 aliphatic carbocycles. The quantitative estimate of drug-likeness (QED) is 0.457. The summed E-state index contributed by atoms with van der Waals surface area (Å²) in [5.74, 6) is 2.81. The van der Waals surface area contributed by atoms with Crippen molar-refractivity contribution in [1.29, 1.82) is 0 Å². The lowest BCUT2D eigenvalue weighted by atomic mass is 10.1. The molecule has 1 amide bonds. The summed E-state index contributed by atoms with van der Waals surface area (Å²) >= 11 is 0. The van der Waals surface area contributed by atoms with Crippen LogP contribution in [-0.4, -0.2) is 43.4 Å². The van der Waals surface area contributed by atoms with E-state index in [9.17, 15) is 4.79 Å². The van der Waals surface area contributed by atoms with E-state index in [1.807, 2.05) is 24.3 Å². The molecule has 4 rings (SSSR count). The van der Waals surface area contributed by atoms with Crippen LogP contribution in [0.15, 0.2) is 47.0 Å². The number of hydrogen-bond acceptors (Lipinski definition) is 7. The van der Waals surface area contributed by atoms with Gasteiger partial charge in [0, 0.05) is 30.5 Å². The smallest absolute Gasteiger partial charge is 0.257 e. The lowest BCUT2D eigenvalue weighted by Gasteiger charge is -2.20. The number of benzene rings is 2. The van der Waals surface area contributed by atoms with E-state index in [4.69, 9.17) is 18.7 Å². The van der Waals surface area contributed by atoms with Gasteiger partial charge in [0.15, 0.2) is 5.82 Å². The third-order valence-corrected chi connectivity index (χ3v) is 5.48. The van der Waals surface area contributed by atoms with Crippen molar-refractivity contribution in [3.8, 4) is 28.7 Å². The fraction of sp³-hybridized carbons (Fsp3) is 0.375. The number of methoxy groups -OCH3 is 2. The summed E-state index contributed by atoms with van der Waals surface area (Å²) in [6, 6.07) is 13.0. The fourth-order valence-electron chi connectivity index (χ4n) is 3.67. The van der Waals surface area contributed by atoms with Crippen molar-refractivity contribution in [2.75, 3.05) is 32.3 Å². The molecule has 0 radical (unpaired) electrons. The van der Waals surface area contributed by atoms with Crippen molar-refractivity contribution < 1.29 is 23.5 Å². The van der Waals surface area contributed by atoms with Crippen LogP contribution in [0.1, 0.15) is 37.9 Å². The standard InChI is InChI=1S/C24H27N3O5/c1-4-5-12-31-18-8-6-16(7-9-18)24-25-23(26-32-24)17-13-22(28)27(15-17)20-14-19(29-2)10-11-21(20)30-3/h6-11,14,17H,4-5,12-13,15H2,1-3H3. The normalized spacial score (nSPS) is 15.8. The van der Waals surface area contributed by atoms with Gasteiger partial charge in [-0.05, 0) is 42.8 Å². The number of ether oxygens (including phenoxy) is 3. The summed E-state index contributed by atoms with van der Waals surface area (Å²) in [4.78, 5) is 19.0. The molecule has 1 aliphatic rings. The first kappa shape index (κ1) is 21.7.